The zero-order valence-electron chi connectivity index (χ0n) is 31.0. The SMILES string of the molecule is C[C@@H]1[C@@H]([Si](C)(C)O)[C@H](CCn2cc(C(CO)c3ccccc3)nn2)O[C@@]12C(=O)N(Cc1ccc(NC(=O)[C@H]3O[C@@H](O)[C@H](O)[C@@H](O)[C@@H]3O)cc1)c1ccc(Cl)cc12. The standard InChI is InChI=1S/C39H46ClN5O10Si/c1-21-35(56(2,3)53)30(15-16-44-19-28(42-43-44)26(20-46)23-7-5-4-6-8-23)55-39(21)27-17-24(40)11-14-29(27)45(38(39)52)18-22-9-12-25(13-10-22)41-36(50)34-32(48)31(47)33(49)37(51)54-34/h4-14,17,19,21,26,30-35,37,46-49,51,53H,15-16,18,20H2,1-3H3,(H,41,50)/t21-,26?,30+,31+,32+,33-,34+,35-,37-,39+/m1/s1. The summed E-state index contributed by atoms with van der Waals surface area (Å²) in [6, 6.07) is 21.5. The fourth-order valence-corrected chi connectivity index (χ4v) is 11.3. The lowest BCUT2D eigenvalue weighted by molar-refractivity contribution is -0.274. The number of carbonyl (C=O) groups excluding carboxylic acids is 2. The molecule has 3 aliphatic heterocycles. The van der Waals surface area contributed by atoms with E-state index in [0.717, 1.165) is 5.56 Å². The van der Waals surface area contributed by atoms with Crippen molar-refractivity contribution in [2.75, 3.05) is 16.8 Å². The minimum atomic E-state index is -2.96. The number of hydrogen-bond donors (Lipinski definition) is 7. The number of rotatable bonds is 11. The summed E-state index contributed by atoms with van der Waals surface area (Å²) in [5.74, 6) is -1.89. The van der Waals surface area contributed by atoms with E-state index in [9.17, 15) is 39.9 Å². The molecule has 2 saturated heterocycles. The van der Waals surface area contributed by atoms with Crippen LogP contribution >= 0.6 is 11.6 Å². The summed E-state index contributed by atoms with van der Waals surface area (Å²) in [5, 5.41) is 61.6. The molecule has 298 valence electrons. The van der Waals surface area contributed by atoms with E-state index in [1.165, 1.54) is 0 Å². The van der Waals surface area contributed by atoms with Crippen LogP contribution in [0.1, 0.15) is 41.6 Å². The lowest BCUT2D eigenvalue weighted by atomic mass is 9.82. The number of nitrogens with zero attached hydrogens (tertiary/aromatic N) is 4. The summed E-state index contributed by atoms with van der Waals surface area (Å²) in [7, 11) is -2.96. The number of aliphatic hydroxyl groups excluding tert-OH is 5. The largest absolute Gasteiger partial charge is 0.432 e. The molecule has 1 spiro atoms. The summed E-state index contributed by atoms with van der Waals surface area (Å²) in [6.45, 7) is 6.07. The molecule has 3 aromatic carbocycles. The van der Waals surface area contributed by atoms with Gasteiger partial charge in [-0.25, -0.2) is 0 Å². The highest BCUT2D eigenvalue weighted by Crippen LogP contribution is 2.60. The number of aromatic nitrogens is 3. The van der Waals surface area contributed by atoms with Gasteiger partial charge in [0.15, 0.2) is 26.3 Å². The second kappa shape index (κ2) is 15.7. The zero-order valence-corrected chi connectivity index (χ0v) is 32.8. The van der Waals surface area contributed by atoms with E-state index in [1.54, 1.807) is 58.2 Å². The van der Waals surface area contributed by atoms with Crippen molar-refractivity contribution < 1.29 is 49.4 Å². The van der Waals surface area contributed by atoms with Gasteiger partial charge in [0, 0.05) is 40.5 Å². The van der Waals surface area contributed by atoms with Crippen molar-refractivity contribution in [3.05, 3.63) is 106 Å². The third-order valence-corrected chi connectivity index (χ3v) is 14.0. The number of nitrogens with one attached hydrogen (secondary N) is 1. The van der Waals surface area contributed by atoms with Gasteiger partial charge in [0.05, 0.1) is 36.6 Å². The van der Waals surface area contributed by atoms with Crippen molar-refractivity contribution in [3.63, 3.8) is 0 Å². The van der Waals surface area contributed by atoms with Crippen LogP contribution in [0.5, 0.6) is 0 Å². The van der Waals surface area contributed by atoms with Gasteiger partial charge in [0.1, 0.15) is 18.3 Å². The molecule has 7 rings (SSSR count). The summed E-state index contributed by atoms with van der Waals surface area (Å²) in [5.41, 5.74) is 2.06. The maximum Gasteiger partial charge on any atom is 0.264 e. The third-order valence-electron chi connectivity index (χ3n) is 11.3. The molecule has 3 aliphatic rings. The molecule has 1 unspecified atom stereocenters. The van der Waals surface area contributed by atoms with Crippen LogP contribution in [0, 0.1) is 5.92 Å². The normalized spacial score (nSPS) is 29.5. The Morgan fingerprint density at radius 1 is 1.02 bits per heavy atom. The number of fused-ring (bicyclic) bond motifs is 2. The molecular formula is C39H46ClN5O10Si. The van der Waals surface area contributed by atoms with Crippen LogP contribution in [0.25, 0.3) is 0 Å². The summed E-state index contributed by atoms with van der Waals surface area (Å²) in [6.07, 6.45) is -7.09. The maximum atomic E-state index is 14.8. The molecule has 1 aromatic heterocycles. The Bertz CT molecular complexity index is 2050. The lowest BCUT2D eigenvalue weighted by Gasteiger charge is -2.37. The van der Waals surface area contributed by atoms with Gasteiger partial charge in [-0.2, -0.15) is 0 Å². The Morgan fingerprint density at radius 3 is 2.41 bits per heavy atom. The summed E-state index contributed by atoms with van der Waals surface area (Å²) < 4.78 is 13.7. The Balaban J connectivity index is 1.10. The van der Waals surface area contributed by atoms with Crippen molar-refractivity contribution in [3.8, 4) is 0 Å². The van der Waals surface area contributed by atoms with E-state index in [2.05, 4.69) is 15.6 Å². The number of benzene rings is 3. The quantitative estimate of drug-likeness (QED) is 0.109. The predicted molar refractivity (Wildman–Crippen MR) is 206 cm³/mol. The van der Waals surface area contributed by atoms with Crippen LogP contribution in [-0.2, 0) is 37.8 Å². The van der Waals surface area contributed by atoms with E-state index in [1.807, 2.05) is 50.3 Å². The van der Waals surface area contributed by atoms with E-state index in [4.69, 9.17) is 21.1 Å². The Hall–Kier alpha value is -4.07. The third kappa shape index (κ3) is 7.30. The molecule has 0 radical (unpaired) electrons. The van der Waals surface area contributed by atoms with Crippen LogP contribution in [0.3, 0.4) is 0 Å². The molecule has 0 aliphatic carbocycles. The summed E-state index contributed by atoms with van der Waals surface area (Å²) >= 11 is 6.56. The molecular weight excluding hydrogens is 762 g/mol. The molecule has 56 heavy (non-hydrogen) atoms. The first-order chi connectivity index (χ1) is 26.6. The van der Waals surface area contributed by atoms with Crippen LogP contribution in [0.15, 0.2) is 79.0 Å². The van der Waals surface area contributed by atoms with Gasteiger partial charge in [0.25, 0.3) is 11.8 Å². The van der Waals surface area contributed by atoms with E-state index >= 15 is 0 Å². The number of ether oxygens (including phenoxy) is 2. The highest BCUT2D eigenvalue weighted by Gasteiger charge is 2.66. The van der Waals surface area contributed by atoms with Gasteiger partial charge in [-0.3, -0.25) is 14.3 Å². The first-order valence-corrected chi connectivity index (χ1v) is 21.9. The highest BCUT2D eigenvalue weighted by atomic mass is 35.5. The van der Waals surface area contributed by atoms with Crippen LogP contribution < -0.4 is 10.2 Å². The Kier molecular flexibility index (Phi) is 11.3. The van der Waals surface area contributed by atoms with Gasteiger partial charge in [-0.05, 0) is 61.0 Å². The Labute approximate surface area is 329 Å². The smallest absolute Gasteiger partial charge is 0.264 e. The van der Waals surface area contributed by atoms with E-state index in [-0.39, 0.29) is 30.5 Å². The van der Waals surface area contributed by atoms with Crippen LogP contribution in [0.2, 0.25) is 23.7 Å². The Morgan fingerprint density at radius 2 is 1.73 bits per heavy atom. The van der Waals surface area contributed by atoms with Crippen molar-refractivity contribution in [1.82, 2.24) is 15.0 Å². The van der Waals surface area contributed by atoms with Crippen LogP contribution in [0.4, 0.5) is 11.4 Å². The zero-order chi connectivity index (χ0) is 40.1. The highest BCUT2D eigenvalue weighted by molar-refractivity contribution is 6.71. The average molecular weight is 808 g/mol. The number of amides is 2. The number of carbonyl (C=O) groups is 2. The first-order valence-electron chi connectivity index (χ1n) is 18.5. The van der Waals surface area contributed by atoms with Crippen molar-refractivity contribution in [2.24, 2.45) is 5.92 Å². The predicted octanol–water partition coefficient (Wildman–Crippen LogP) is 2.23. The first kappa shape index (κ1) is 40.1. The van der Waals surface area contributed by atoms with Gasteiger partial charge >= 0.3 is 0 Å². The molecule has 7 N–H and O–H groups in total. The minimum Gasteiger partial charge on any atom is -0.432 e. The molecule has 15 nitrogen and oxygen atoms in total. The van der Waals surface area contributed by atoms with Crippen molar-refractivity contribution >= 4 is 43.1 Å². The second-order valence-electron chi connectivity index (χ2n) is 15.4. The fraction of sp³-hybridized carbons (Fsp3) is 0.436. The monoisotopic (exact) mass is 807 g/mol. The lowest BCUT2D eigenvalue weighted by Crippen LogP contribution is -2.60. The maximum absolute atomic E-state index is 14.8. The van der Waals surface area contributed by atoms with Gasteiger partial charge in [-0.15, -0.1) is 5.10 Å². The fourth-order valence-electron chi connectivity index (χ4n) is 8.54. The van der Waals surface area contributed by atoms with Crippen molar-refractivity contribution in [1.29, 1.82) is 0 Å². The molecule has 10 atom stereocenters. The van der Waals surface area contributed by atoms with Gasteiger partial charge in [0.2, 0.25) is 0 Å². The molecule has 2 amide bonds. The number of aliphatic hydroxyl groups is 5. The molecule has 4 aromatic rings. The van der Waals surface area contributed by atoms with E-state index in [0.29, 0.717) is 46.2 Å². The number of halogens is 1. The number of aryl methyl sites for hydroxylation is 1. The minimum absolute atomic E-state index is 0.132. The molecule has 17 heteroatoms. The van der Waals surface area contributed by atoms with Crippen LogP contribution in [-0.4, -0.2) is 109 Å². The van der Waals surface area contributed by atoms with Gasteiger partial charge < -0.3 is 50.0 Å². The molecule has 4 heterocycles. The summed E-state index contributed by atoms with van der Waals surface area (Å²) in [4.78, 5) is 41.0. The average Bonchev–Trinajstić information content (AvgIpc) is 3.82. The second-order valence-corrected chi connectivity index (χ2v) is 19.8. The van der Waals surface area contributed by atoms with Gasteiger partial charge in [-0.1, -0.05) is 66.2 Å². The molecule has 0 bridgehead atoms. The van der Waals surface area contributed by atoms with E-state index < -0.39 is 62.6 Å². The molecule has 2 fully saturated rings. The topological polar surface area (TPSA) is 220 Å². The van der Waals surface area contributed by atoms with Crippen molar-refractivity contribution in [2.45, 2.75) is 93.4 Å². The number of hydrogen-bond acceptors (Lipinski definition) is 12. The molecule has 0 saturated carbocycles. The number of anilines is 2.